The normalized spacial score (nSPS) is 22.6. The van der Waals surface area contributed by atoms with Crippen LogP contribution in [0.4, 0.5) is 0 Å². The summed E-state index contributed by atoms with van der Waals surface area (Å²) in [6, 6.07) is 9.14. The van der Waals surface area contributed by atoms with E-state index in [1.165, 1.54) is 0 Å². The van der Waals surface area contributed by atoms with E-state index < -0.39 is 12.2 Å². The fourth-order valence-corrected chi connectivity index (χ4v) is 2.02. The summed E-state index contributed by atoms with van der Waals surface area (Å²) < 4.78 is 5.40. The molecule has 1 fully saturated rings. The summed E-state index contributed by atoms with van der Waals surface area (Å²) in [7, 11) is 0. The first kappa shape index (κ1) is 12.1. The van der Waals surface area contributed by atoms with Gasteiger partial charge >= 0.3 is 0 Å². The standard InChI is InChI=1S/C13H17NO3/c1-2-14-8-9-17-12(13(14)16)11(15)10-6-4-3-5-7-10/h3-7,11-12,15H,2,8-9H2,1H3/t11-,12-/m1/s1. The first-order valence-corrected chi connectivity index (χ1v) is 5.87. The van der Waals surface area contributed by atoms with Gasteiger partial charge in [-0.25, -0.2) is 0 Å². The number of amides is 1. The van der Waals surface area contributed by atoms with Crippen molar-refractivity contribution in [2.45, 2.75) is 19.1 Å². The lowest BCUT2D eigenvalue weighted by Crippen LogP contribution is -2.49. The van der Waals surface area contributed by atoms with Crippen LogP contribution in [0.3, 0.4) is 0 Å². The fraction of sp³-hybridized carbons (Fsp3) is 0.462. The van der Waals surface area contributed by atoms with E-state index >= 15 is 0 Å². The Labute approximate surface area is 101 Å². The number of benzene rings is 1. The summed E-state index contributed by atoms with van der Waals surface area (Å²) in [5.74, 6) is -0.130. The number of nitrogens with zero attached hydrogens (tertiary/aromatic N) is 1. The molecule has 1 aliphatic rings. The minimum absolute atomic E-state index is 0.130. The number of carbonyl (C=O) groups is 1. The van der Waals surface area contributed by atoms with Gasteiger partial charge in [-0.3, -0.25) is 4.79 Å². The Morgan fingerprint density at radius 3 is 2.82 bits per heavy atom. The highest BCUT2D eigenvalue weighted by Crippen LogP contribution is 2.22. The molecule has 1 heterocycles. The predicted molar refractivity (Wildman–Crippen MR) is 63.4 cm³/mol. The molecule has 2 rings (SSSR count). The van der Waals surface area contributed by atoms with Crippen LogP contribution in [-0.2, 0) is 9.53 Å². The Hall–Kier alpha value is -1.39. The highest BCUT2D eigenvalue weighted by atomic mass is 16.5. The van der Waals surface area contributed by atoms with Crippen molar-refractivity contribution >= 4 is 5.91 Å². The van der Waals surface area contributed by atoms with E-state index in [1.54, 1.807) is 17.0 Å². The maximum Gasteiger partial charge on any atom is 0.254 e. The van der Waals surface area contributed by atoms with Gasteiger partial charge in [-0.2, -0.15) is 0 Å². The second-order valence-electron chi connectivity index (χ2n) is 4.06. The molecule has 1 N–H and O–H groups in total. The van der Waals surface area contributed by atoms with Gasteiger partial charge in [0.1, 0.15) is 6.10 Å². The SMILES string of the molecule is CCN1CCO[C@H]([C@H](O)c2ccccc2)C1=O. The molecule has 17 heavy (non-hydrogen) atoms. The molecule has 0 saturated carbocycles. The summed E-state index contributed by atoms with van der Waals surface area (Å²) in [6.07, 6.45) is -1.66. The molecule has 0 bridgehead atoms. The average molecular weight is 235 g/mol. The third-order valence-corrected chi connectivity index (χ3v) is 3.02. The number of aliphatic hydroxyl groups excluding tert-OH is 1. The summed E-state index contributed by atoms with van der Waals surface area (Å²) in [6.45, 7) is 3.66. The topological polar surface area (TPSA) is 49.8 Å². The third-order valence-electron chi connectivity index (χ3n) is 3.02. The van der Waals surface area contributed by atoms with E-state index in [0.29, 0.717) is 25.3 Å². The second-order valence-corrected chi connectivity index (χ2v) is 4.06. The van der Waals surface area contributed by atoms with Gasteiger partial charge in [0.05, 0.1) is 6.61 Å². The van der Waals surface area contributed by atoms with Gasteiger partial charge in [-0.15, -0.1) is 0 Å². The number of hydrogen-bond acceptors (Lipinski definition) is 3. The first-order chi connectivity index (χ1) is 8.24. The highest BCUT2D eigenvalue weighted by Gasteiger charge is 2.34. The largest absolute Gasteiger partial charge is 0.385 e. The number of ether oxygens (including phenoxy) is 1. The zero-order chi connectivity index (χ0) is 12.3. The zero-order valence-corrected chi connectivity index (χ0v) is 9.87. The highest BCUT2D eigenvalue weighted by molar-refractivity contribution is 5.82. The molecular formula is C13H17NO3. The van der Waals surface area contributed by atoms with E-state index in [0.717, 1.165) is 0 Å². The molecule has 92 valence electrons. The lowest BCUT2D eigenvalue weighted by atomic mass is 10.0. The number of rotatable bonds is 3. The van der Waals surface area contributed by atoms with Gasteiger partial charge in [0.2, 0.25) is 0 Å². The number of carbonyl (C=O) groups excluding carboxylic acids is 1. The minimum atomic E-state index is -0.891. The molecule has 1 aliphatic heterocycles. The summed E-state index contributed by atoms with van der Waals surface area (Å²) >= 11 is 0. The van der Waals surface area contributed by atoms with Crippen LogP contribution >= 0.6 is 0 Å². The average Bonchev–Trinajstić information content (AvgIpc) is 2.39. The molecule has 0 radical (unpaired) electrons. The van der Waals surface area contributed by atoms with E-state index in [2.05, 4.69) is 0 Å². The molecule has 4 nitrogen and oxygen atoms in total. The Morgan fingerprint density at radius 1 is 1.47 bits per heavy atom. The van der Waals surface area contributed by atoms with Gasteiger partial charge in [-0.1, -0.05) is 30.3 Å². The smallest absolute Gasteiger partial charge is 0.254 e. The van der Waals surface area contributed by atoms with Gasteiger partial charge in [0.15, 0.2) is 6.10 Å². The number of likely N-dealkylation sites (N-methyl/N-ethyl adjacent to an activating group) is 1. The molecule has 4 heteroatoms. The molecule has 0 spiro atoms. The molecular weight excluding hydrogens is 218 g/mol. The second kappa shape index (κ2) is 5.29. The first-order valence-electron chi connectivity index (χ1n) is 5.87. The number of hydrogen-bond donors (Lipinski definition) is 1. The van der Waals surface area contributed by atoms with Crippen LogP contribution in [0.2, 0.25) is 0 Å². The van der Waals surface area contributed by atoms with E-state index in [1.807, 2.05) is 25.1 Å². The van der Waals surface area contributed by atoms with Crippen molar-refractivity contribution in [1.29, 1.82) is 0 Å². The quantitative estimate of drug-likeness (QED) is 0.849. The van der Waals surface area contributed by atoms with Crippen LogP contribution in [0, 0.1) is 0 Å². The van der Waals surface area contributed by atoms with Crippen molar-refractivity contribution in [3.8, 4) is 0 Å². The van der Waals surface area contributed by atoms with Gasteiger partial charge in [0, 0.05) is 13.1 Å². The summed E-state index contributed by atoms with van der Waals surface area (Å²) in [5, 5.41) is 10.2. The molecule has 2 atom stereocenters. The third kappa shape index (κ3) is 2.48. The number of aliphatic hydroxyl groups is 1. The zero-order valence-electron chi connectivity index (χ0n) is 9.87. The molecule has 0 aromatic heterocycles. The van der Waals surface area contributed by atoms with Gasteiger partial charge in [-0.05, 0) is 12.5 Å². The van der Waals surface area contributed by atoms with Crippen LogP contribution in [0.15, 0.2) is 30.3 Å². The predicted octanol–water partition coefficient (Wildman–Crippen LogP) is 0.967. The van der Waals surface area contributed by atoms with E-state index in [4.69, 9.17) is 4.74 Å². The Balaban J connectivity index is 2.14. The molecule has 1 aromatic carbocycles. The van der Waals surface area contributed by atoms with Crippen molar-refractivity contribution in [3.05, 3.63) is 35.9 Å². The molecule has 1 amide bonds. The summed E-state index contributed by atoms with van der Waals surface area (Å²) in [5.41, 5.74) is 0.712. The van der Waals surface area contributed by atoms with Crippen molar-refractivity contribution in [3.63, 3.8) is 0 Å². The lowest BCUT2D eigenvalue weighted by molar-refractivity contribution is -0.162. The van der Waals surface area contributed by atoms with Gasteiger partial charge < -0.3 is 14.7 Å². The van der Waals surface area contributed by atoms with Gasteiger partial charge in [0.25, 0.3) is 5.91 Å². The molecule has 0 aliphatic carbocycles. The minimum Gasteiger partial charge on any atom is -0.385 e. The van der Waals surface area contributed by atoms with Crippen molar-refractivity contribution in [2.75, 3.05) is 19.7 Å². The van der Waals surface area contributed by atoms with Crippen LogP contribution in [-0.4, -0.2) is 41.7 Å². The number of morpholine rings is 1. The fourth-order valence-electron chi connectivity index (χ4n) is 2.02. The van der Waals surface area contributed by atoms with Crippen molar-refractivity contribution in [1.82, 2.24) is 4.90 Å². The Morgan fingerprint density at radius 2 is 2.18 bits per heavy atom. The molecule has 1 aromatic rings. The van der Waals surface area contributed by atoms with Crippen LogP contribution in [0.25, 0.3) is 0 Å². The summed E-state index contributed by atoms with van der Waals surface area (Å²) in [4.78, 5) is 13.7. The Kier molecular flexibility index (Phi) is 3.76. The van der Waals surface area contributed by atoms with E-state index in [-0.39, 0.29) is 5.91 Å². The van der Waals surface area contributed by atoms with E-state index in [9.17, 15) is 9.90 Å². The monoisotopic (exact) mass is 235 g/mol. The lowest BCUT2D eigenvalue weighted by Gasteiger charge is -2.33. The maximum absolute atomic E-state index is 12.0. The Bertz CT molecular complexity index is 380. The van der Waals surface area contributed by atoms with Crippen molar-refractivity contribution in [2.24, 2.45) is 0 Å². The van der Waals surface area contributed by atoms with Crippen LogP contribution in [0.1, 0.15) is 18.6 Å². The van der Waals surface area contributed by atoms with Crippen LogP contribution < -0.4 is 0 Å². The maximum atomic E-state index is 12.0. The van der Waals surface area contributed by atoms with Crippen LogP contribution in [0.5, 0.6) is 0 Å². The molecule has 0 unspecified atom stereocenters. The van der Waals surface area contributed by atoms with Crippen molar-refractivity contribution < 1.29 is 14.6 Å². The molecule has 1 saturated heterocycles.